The molecule has 0 saturated heterocycles. The predicted molar refractivity (Wildman–Crippen MR) is 93.7 cm³/mol. The van der Waals surface area contributed by atoms with Crippen LogP contribution < -0.4 is 15.2 Å². The van der Waals surface area contributed by atoms with Crippen LogP contribution in [0.3, 0.4) is 0 Å². The summed E-state index contributed by atoms with van der Waals surface area (Å²) < 4.78 is 10.6. The van der Waals surface area contributed by atoms with Crippen LogP contribution in [0.1, 0.15) is 0 Å². The van der Waals surface area contributed by atoms with Crippen LogP contribution in [0.5, 0.6) is 17.2 Å². The van der Waals surface area contributed by atoms with Gasteiger partial charge in [0.15, 0.2) is 17.3 Å². The number of phenolic OH excluding ortho intramolecular Hbond substituents is 1. The van der Waals surface area contributed by atoms with Gasteiger partial charge in [0.25, 0.3) is 0 Å². The number of H-pyrrole nitrogens is 1. The lowest BCUT2D eigenvalue weighted by molar-refractivity contribution is 0.355. The first-order valence-corrected chi connectivity index (χ1v) is 7.48. The molecule has 0 aliphatic carbocycles. The molecular weight excluding hydrogens is 330 g/mol. The number of halogens is 1. The number of benzene rings is 2. The van der Waals surface area contributed by atoms with E-state index in [4.69, 9.17) is 26.8 Å². The van der Waals surface area contributed by atoms with Crippen LogP contribution in [0.2, 0.25) is 5.02 Å². The number of rotatable bonds is 4. The van der Waals surface area contributed by atoms with E-state index in [9.17, 15) is 5.11 Å². The van der Waals surface area contributed by atoms with Crippen molar-refractivity contribution in [1.29, 1.82) is 0 Å². The minimum atomic E-state index is 0.0351. The van der Waals surface area contributed by atoms with Gasteiger partial charge in [0, 0.05) is 10.6 Å². The van der Waals surface area contributed by atoms with Crippen LogP contribution in [0.4, 0.5) is 5.82 Å². The van der Waals surface area contributed by atoms with Gasteiger partial charge < -0.3 is 20.3 Å². The molecule has 0 atom stereocenters. The van der Waals surface area contributed by atoms with Gasteiger partial charge in [-0.25, -0.2) is 0 Å². The summed E-state index contributed by atoms with van der Waals surface area (Å²) in [6.07, 6.45) is 0. The Labute approximate surface area is 143 Å². The summed E-state index contributed by atoms with van der Waals surface area (Å²) in [6, 6.07) is 10.3. The fourth-order valence-corrected chi connectivity index (χ4v) is 2.72. The topological polar surface area (TPSA) is 93.4 Å². The number of ether oxygens (including phenoxy) is 2. The van der Waals surface area contributed by atoms with Gasteiger partial charge in [-0.3, -0.25) is 5.10 Å². The summed E-state index contributed by atoms with van der Waals surface area (Å²) in [7, 11) is 3.13. The van der Waals surface area contributed by atoms with E-state index in [1.165, 1.54) is 6.07 Å². The van der Waals surface area contributed by atoms with E-state index in [2.05, 4.69) is 10.2 Å². The van der Waals surface area contributed by atoms with Crippen molar-refractivity contribution in [3.63, 3.8) is 0 Å². The van der Waals surface area contributed by atoms with E-state index >= 15 is 0 Å². The number of nitrogens with one attached hydrogen (secondary N) is 1. The Morgan fingerprint density at radius 2 is 1.83 bits per heavy atom. The first-order valence-electron chi connectivity index (χ1n) is 7.10. The molecule has 0 radical (unpaired) electrons. The second-order valence-corrected chi connectivity index (χ2v) is 5.53. The summed E-state index contributed by atoms with van der Waals surface area (Å²) in [4.78, 5) is 0. The molecule has 0 aliphatic rings. The van der Waals surface area contributed by atoms with E-state index < -0.39 is 0 Å². The number of nitrogens with zero attached hydrogens (tertiary/aromatic N) is 1. The minimum Gasteiger partial charge on any atom is -0.507 e. The maximum absolute atomic E-state index is 10.2. The van der Waals surface area contributed by atoms with Crippen LogP contribution in [0.25, 0.3) is 22.4 Å². The lowest BCUT2D eigenvalue weighted by Gasteiger charge is -2.11. The molecule has 24 heavy (non-hydrogen) atoms. The Bertz CT molecular complexity index is 893. The van der Waals surface area contributed by atoms with Gasteiger partial charge in [-0.1, -0.05) is 17.7 Å². The van der Waals surface area contributed by atoms with E-state index in [0.717, 1.165) is 5.56 Å². The smallest absolute Gasteiger partial charge is 0.161 e. The quantitative estimate of drug-likeness (QED) is 0.670. The largest absolute Gasteiger partial charge is 0.507 e. The van der Waals surface area contributed by atoms with E-state index in [0.29, 0.717) is 39.2 Å². The van der Waals surface area contributed by atoms with Crippen LogP contribution in [0.15, 0.2) is 36.4 Å². The number of aromatic amines is 1. The van der Waals surface area contributed by atoms with Gasteiger partial charge in [0.2, 0.25) is 0 Å². The van der Waals surface area contributed by atoms with Crippen LogP contribution in [0, 0.1) is 0 Å². The van der Waals surface area contributed by atoms with Gasteiger partial charge in [-0.05, 0) is 35.9 Å². The van der Waals surface area contributed by atoms with E-state index in [1.807, 2.05) is 6.07 Å². The summed E-state index contributed by atoms with van der Waals surface area (Å²) in [5, 5.41) is 17.6. The van der Waals surface area contributed by atoms with Gasteiger partial charge in [0.05, 0.1) is 25.5 Å². The molecule has 0 spiro atoms. The van der Waals surface area contributed by atoms with Crippen molar-refractivity contribution >= 4 is 17.4 Å². The molecule has 1 heterocycles. The lowest BCUT2D eigenvalue weighted by atomic mass is 10.00. The van der Waals surface area contributed by atoms with E-state index in [1.54, 1.807) is 38.5 Å². The molecule has 0 saturated carbocycles. The highest BCUT2D eigenvalue weighted by Crippen LogP contribution is 2.41. The number of nitrogens with two attached hydrogens (primary N) is 1. The van der Waals surface area contributed by atoms with Crippen molar-refractivity contribution in [2.24, 2.45) is 0 Å². The zero-order chi connectivity index (χ0) is 17.3. The van der Waals surface area contributed by atoms with Crippen molar-refractivity contribution in [2.45, 2.75) is 0 Å². The molecule has 2 aromatic carbocycles. The molecule has 0 bridgehead atoms. The highest BCUT2D eigenvalue weighted by molar-refractivity contribution is 6.30. The molecule has 0 fully saturated rings. The minimum absolute atomic E-state index is 0.0351. The Kier molecular flexibility index (Phi) is 4.22. The van der Waals surface area contributed by atoms with Gasteiger partial charge in [0.1, 0.15) is 5.75 Å². The Morgan fingerprint density at radius 3 is 2.50 bits per heavy atom. The number of anilines is 1. The third-order valence-corrected chi connectivity index (χ3v) is 3.93. The Morgan fingerprint density at radius 1 is 1.08 bits per heavy atom. The summed E-state index contributed by atoms with van der Waals surface area (Å²) in [5.74, 6) is 1.53. The van der Waals surface area contributed by atoms with Crippen molar-refractivity contribution < 1.29 is 14.6 Å². The standard InChI is InChI=1S/C17H16ClN3O3/c1-23-13-6-3-9(7-14(13)24-2)15-16(20-21-17(15)19)11-5-4-10(18)8-12(11)22/h3-8,22H,1-2H3,(H3,19,20,21). The Balaban J connectivity index is 2.18. The molecular formula is C17H16ClN3O3. The number of methoxy groups -OCH3 is 2. The monoisotopic (exact) mass is 345 g/mol. The molecule has 3 rings (SSSR count). The molecule has 0 amide bonds. The highest BCUT2D eigenvalue weighted by atomic mass is 35.5. The molecule has 0 aliphatic heterocycles. The molecule has 0 unspecified atom stereocenters. The predicted octanol–water partition coefficient (Wildman–Crippen LogP) is 3.70. The average molecular weight is 346 g/mol. The average Bonchev–Trinajstić information content (AvgIpc) is 2.95. The molecule has 6 nitrogen and oxygen atoms in total. The van der Waals surface area contributed by atoms with Crippen molar-refractivity contribution in [2.75, 3.05) is 20.0 Å². The fraction of sp³-hybridized carbons (Fsp3) is 0.118. The highest BCUT2D eigenvalue weighted by Gasteiger charge is 2.19. The van der Waals surface area contributed by atoms with Crippen molar-refractivity contribution in [3.8, 4) is 39.6 Å². The van der Waals surface area contributed by atoms with Crippen molar-refractivity contribution in [3.05, 3.63) is 41.4 Å². The summed E-state index contributed by atoms with van der Waals surface area (Å²) in [5.41, 5.74) is 8.61. The molecule has 124 valence electrons. The summed E-state index contributed by atoms with van der Waals surface area (Å²) >= 11 is 5.90. The zero-order valence-electron chi connectivity index (χ0n) is 13.1. The number of phenols is 1. The molecule has 1 aromatic heterocycles. The number of aromatic nitrogens is 2. The molecule has 4 N–H and O–H groups in total. The van der Waals surface area contributed by atoms with Gasteiger partial charge >= 0.3 is 0 Å². The second kappa shape index (κ2) is 6.33. The van der Waals surface area contributed by atoms with Crippen LogP contribution >= 0.6 is 11.6 Å². The SMILES string of the molecule is COc1ccc(-c2c(N)n[nH]c2-c2ccc(Cl)cc2O)cc1OC. The van der Waals surface area contributed by atoms with Gasteiger partial charge in [-0.2, -0.15) is 5.10 Å². The fourth-order valence-electron chi connectivity index (χ4n) is 2.55. The zero-order valence-corrected chi connectivity index (χ0v) is 13.9. The van der Waals surface area contributed by atoms with Crippen LogP contribution in [-0.4, -0.2) is 29.5 Å². The normalized spacial score (nSPS) is 10.6. The summed E-state index contributed by atoms with van der Waals surface area (Å²) in [6.45, 7) is 0. The maximum atomic E-state index is 10.2. The maximum Gasteiger partial charge on any atom is 0.161 e. The van der Waals surface area contributed by atoms with Crippen LogP contribution in [-0.2, 0) is 0 Å². The number of hydrogen-bond acceptors (Lipinski definition) is 5. The number of aromatic hydroxyl groups is 1. The third-order valence-electron chi connectivity index (χ3n) is 3.70. The first kappa shape index (κ1) is 16.0. The van der Waals surface area contributed by atoms with Crippen molar-refractivity contribution in [1.82, 2.24) is 10.2 Å². The number of nitrogen functional groups attached to an aromatic ring is 1. The van der Waals surface area contributed by atoms with E-state index in [-0.39, 0.29) is 5.75 Å². The second-order valence-electron chi connectivity index (χ2n) is 5.09. The first-order chi connectivity index (χ1) is 11.5. The lowest BCUT2D eigenvalue weighted by Crippen LogP contribution is -1.93. The Hall–Kier alpha value is -2.86. The molecule has 7 heteroatoms. The molecule has 3 aromatic rings. The third kappa shape index (κ3) is 2.72. The number of hydrogen-bond donors (Lipinski definition) is 3. The van der Waals surface area contributed by atoms with Gasteiger partial charge in [-0.15, -0.1) is 0 Å².